The molecule has 1 aliphatic rings. The van der Waals surface area contributed by atoms with E-state index in [4.69, 9.17) is 38.9 Å². The Morgan fingerprint density at radius 2 is 1.70 bits per heavy atom. The molecule has 1 unspecified atom stereocenters. The smallest absolute Gasteiger partial charge is 0.493 e. The lowest BCUT2D eigenvalue weighted by Gasteiger charge is -2.33. The summed E-state index contributed by atoms with van der Waals surface area (Å²) in [4.78, 5) is 52.6. The zero-order valence-electron chi connectivity index (χ0n) is 31.4. The zero-order chi connectivity index (χ0) is 37.6. The van der Waals surface area contributed by atoms with Gasteiger partial charge in [0.05, 0.1) is 45.0 Å². The highest BCUT2D eigenvalue weighted by Crippen LogP contribution is 2.38. The Morgan fingerprint density at radius 1 is 1.00 bits per heavy atom. The van der Waals surface area contributed by atoms with E-state index in [1.807, 2.05) is 32.0 Å². The van der Waals surface area contributed by atoms with Crippen molar-refractivity contribution in [3.8, 4) is 11.5 Å². The molecule has 0 aromatic heterocycles. The fourth-order valence-corrected chi connectivity index (χ4v) is 5.77. The van der Waals surface area contributed by atoms with Crippen molar-refractivity contribution in [3.63, 3.8) is 0 Å². The molecule has 1 aromatic rings. The van der Waals surface area contributed by atoms with Gasteiger partial charge in [-0.1, -0.05) is 33.8 Å². The van der Waals surface area contributed by atoms with Gasteiger partial charge in [-0.25, -0.2) is 14.5 Å². The molecule has 1 fully saturated rings. The van der Waals surface area contributed by atoms with E-state index in [-0.39, 0.29) is 43.2 Å². The van der Waals surface area contributed by atoms with Gasteiger partial charge in [0.1, 0.15) is 0 Å². The molecule has 14 heteroatoms. The molecule has 50 heavy (non-hydrogen) atoms. The van der Waals surface area contributed by atoms with E-state index in [0.717, 1.165) is 12.0 Å². The molecule has 0 bridgehead atoms. The Bertz CT molecular complexity index is 1260. The number of nitrogens with one attached hydrogen (secondary N) is 1. The first-order valence-corrected chi connectivity index (χ1v) is 17.3. The predicted octanol–water partition coefficient (Wildman–Crippen LogP) is 4.90. The molecular weight excluding hydrogens is 650 g/mol. The minimum atomic E-state index is -1.44. The van der Waals surface area contributed by atoms with Crippen molar-refractivity contribution in [2.75, 3.05) is 47.7 Å². The number of ether oxygens (including phenoxy) is 7. The molecule has 2 rings (SSSR count). The summed E-state index contributed by atoms with van der Waals surface area (Å²) in [7, 11) is 4.48. The van der Waals surface area contributed by atoms with Crippen LogP contribution in [0.4, 0.5) is 9.59 Å². The van der Waals surface area contributed by atoms with Gasteiger partial charge < -0.3 is 44.2 Å². The average molecular weight is 710 g/mol. The third-order valence-electron chi connectivity index (χ3n) is 9.11. The Kier molecular flexibility index (Phi) is 17.1. The molecule has 1 saturated heterocycles. The van der Waals surface area contributed by atoms with Gasteiger partial charge in [-0.15, -0.1) is 0 Å². The van der Waals surface area contributed by atoms with E-state index in [0.29, 0.717) is 37.6 Å². The second kappa shape index (κ2) is 20.2. The average Bonchev–Trinajstić information content (AvgIpc) is 3.39. The quantitative estimate of drug-likeness (QED) is 0.139. The maximum atomic E-state index is 13.6. The van der Waals surface area contributed by atoms with Crippen molar-refractivity contribution < 1.29 is 52.3 Å². The van der Waals surface area contributed by atoms with Crippen molar-refractivity contribution in [2.45, 2.75) is 92.7 Å². The summed E-state index contributed by atoms with van der Waals surface area (Å²) < 4.78 is 38.6. The Morgan fingerprint density at radius 3 is 2.26 bits per heavy atom. The number of rotatable bonds is 20. The summed E-state index contributed by atoms with van der Waals surface area (Å²) in [5.74, 6) is -0.163. The number of methoxy groups -OCH3 is 3. The SMILES string of the molecule is CCOC(=O)OC1O[C@@H](C[C@H](C(=O)NCC(C)(C)C(N)=O)C(C)C)[C@H](C[C@H](Cc2ccc(OC)c(OCCCOC)c2)C(C)C)N1C(=O)OC. The monoisotopic (exact) mass is 709 g/mol. The largest absolute Gasteiger partial charge is 0.511 e. The standard InChI is InChI=1S/C36H59N3O11/c1-11-47-35(43)50-34-39(33(42)46-10)27(29(49-34)20-26(23(4)5)31(40)38-21-36(6,7)32(37)41)19-25(22(2)3)17-24-13-14-28(45-9)30(18-24)48-16-12-15-44-8/h13-14,18,22-23,25-27,29,34H,11-12,15-17,19-21H2,1-10H3,(H2,37,41)(H,38,40)/t25-,26-,27-,29-,34?/m0/s1. The van der Waals surface area contributed by atoms with Crippen LogP contribution in [0, 0.1) is 29.1 Å². The fourth-order valence-electron chi connectivity index (χ4n) is 5.77. The van der Waals surface area contributed by atoms with Gasteiger partial charge in [0, 0.05) is 32.6 Å². The van der Waals surface area contributed by atoms with Crippen LogP contribution in [0.5, 0.6) is 11.5 Å². The maximum Gasteiger partial charge on any atom is 0.511 e. The lowest BCUT2D eigenvalue weighted by molar-refractivity contribution is -0.161. The van der Waals surface area contributed by atoms with Crippen LogP contribution in [0.25, 0.3) is 0 Å². The molecule has 0 radical (unpaired) electrons. The predicted molar refractivity (Wildman–Crippen MR) is 185 cm³/mol. The van der Waals surface area contributed by atoms with Gasteiger partial charge in [0.15, 0.2) is 11.5 Å². The van der Waals surface area contributed by atoms with Crippen LogP contribution in [0.3, 0.4) is 0 Å². The highest BCUT2D eigenvalue weighted by molar-refractivity contribution is 5.83. The first-order valence-electron chi connectivity index (χ1n) is 17.3. The van der Waals surface area contributed by atoms with Crippen LogP contribution in [0.15, 0.2) is 18.2 Å². The van der Waals surface area contributed by atoms with E-state index >= 15 is 0 Å². The summed E-state index contributed by atoms with van der Waals surface area (Å²) in [6, 6.07) is 5.17. The van der Waals surface area contributed by atoms with Gasteiger partial charge in [-0.2, -0.15) is 0 Å². The van der Waals surface area contributed by atoms with E-state index in [2.05, 4.69) is 19.2 Å². The molecule has 1 heterocycles. The lowest BCUT2D eigenvalue weighted by Crippen LogP contribution is -2.48. The summed E-state index contributed by atoms with van der Waals surface area (Å²) >= 11 is 0. The summed E-state index contributed by atoms with van der Waals surface area (Å²) in [6.45, 7) is 14.1. The Hall–Kier alpha value is -3.78. The molecule has 3 amide bonds. The van der Waals surface area contributed by atoms with Crippen LogP contribution in [0.2, 0.25) is 0 Å². The summed E-state index contributed by atoms with van der Waals surface area (Å²) in [5, 5.41) is 2.87. The number of primary amides is 1. The van der Waals surface area contributed by atoms with Crippen molar-refractivity contribution in [1.82, 2.24) is 10.2 Å². The van der Waals surface area contributed by atoms with Gasteiger partial charge in [-0.3, -0.25) is 9.59 Å². The first kappa shape index (κ1) is 42.4. The van der Waals surface area contributed by atoms with Crippen LogP contribution in [-0.2, 0) is 39.7 Å². The van der Waals surface area contributed by atoms with Crippen LogP contribution >= 0.6 is 0 Å². The number of nitrogens with two attached hydrogens (primary N) is 1. The molecule has 14 nitrogen and oxygen atoms in total. The van der Waals surface area contributed by atoms with Gasteiger partial charge in [0.2, 0.25) is 11.8 Å². The number of carbonyl (C=O) groups is 4. The molecule has 0 spiro atoms. The van der Waals surface area contributed by atoms with Crippen molar-refractivity contribution in [2.24, 2.45) is 34.8 Å². The van der Waals surface area contributed by atoms with Gasteiger partial charge in [0.25, 0.3) is 6.41 Å². The van der Waals surface area contributed by atoms with Crippen molar-refractivity contribution >= 4 is 24.1 Å². The number of benzene rings is 1. The molecule has 284 valence electrons. The second-order valence-electron chi connectivity index (χ2n) is 13.9. The highest BCUT2D eigenvalue weighted by Gasteiger charge is 2.50. The van der Waals surface area contributed by atoms with E-state index in [1.54, 1.807) is 35.0 Å². The minimum absolute atomic E-state index is 0.00275. The molecule has 0 saturated carbocycles. The van der Waals surface area contributed by atoms with Gasteiger partial charge in [-0.05, 0) is 75.5 Å². The lowest BCUT2D eigenvalue weighted by atomic mass is 9.80. The third-order valence-corrected chi connectivity index (χ3v) is 9.11. The summed E-state index contributed by atoms with van der Waals surface area (Å²) in [5.41, 5.74) is 5.58. The number of nitrogens with zero attached hydrogens (tertiary/aromatic N) is 1. The normalized spacial score (nSPS) is 18.8. The van der Waals surface area contributed by atoms with E-state index in [1.165, 1.54) is 12.0 Å². The number of amides is 3. The second-order valence-corrected chi connectivity index (χ2v) is 13.9. The third kappa shape index (κ3) is 12.2. The van der Waals surface area contributed by atoms with Crippen molar-refractivity contribution in [1.29, 1.82) is 0 Å². The van der Waals surface area contributed by atoms with Crippen LogP contribution in [0.1, 0.15) is 73.3 Å². The molecule has 1 aliphatic heterocycles. The molecule has 1 aromatic carbocycles. The van der Waals surface area contributed by atoms with E-state index in [9.17, 15) is 19.2 Å². The van der Waals surface area contributed by atoms with E-state index < -0.39 is 48.0 Å². The first-order chi connectivity index (χ1) is 23.6. The highest BCUT2D eigenvalue weighted by atomic mass is 16.8. The number of hydrogen-bond acceptors (Lipinski definition) is 11. The van der Waals surface area contributed by atoms with Crippen LogP contribution < -0.4 is 20.5 Å². The molecule has 3 N–H and O–H groups in total. The van der Waals surface area contributed by atoms with Crippen LogP contribution in [-0.4, -0.2) is 95.2 Å². The topological polar surface area (TPSA) is 174 Å². The Labute approximate surface area is 296 Å². The van der Waals surface area contributed by atoms with Crippen molar-refractivity contribution in [3.05, 3.63) is 23.8 Å². The summed E-state index contributed by atoms with van der Waals surface area (Å²) in [6.07, 6.45) is -1.97. The Balaban J connectivity index is 2.47. The fraction of sp³-hybridized carbons (Fsp3) is 0.722. The maximum absolute atomic E-state index is 13.6. The molecule has 0 aliphatic carbocycles. The number of hydrogen-bond donors (Lipinski definition) is 2. The molecule has 5 atom stereocenters. The minimum Gasteiger partial charge on any atom is -0.493 e. The zero-order valence-corrected chi connectivity index (χ0v) is 31.4. The van der Waals surface area contributed by atoms with Gasteiger partial charge >= 0.3 is 12.2 Å². The molecular formula is C36H59N3O11. The number of carbonyl (C=O) groups excluding carboxylic acids is 4.